The summed E-state index contributed by atoms with van der Waals surface area (Å²) in [5, 5.41) is 5.62. The Morgan fingerprint density at radius 1 is 1.54 bits per heavy atom. The molecule has 0 aliphatic heterocycles. The number of nitrogens with one attached hydrogen (secondary N) is 1. The summed E-state index contributed by atoms with van der Waals surface area (Å²) in [6, 6.07) is 2.23. The summed E-state index contributed by atoms with van der Waals surface area (Å²) in [6.45, 7) is 3.15. The average Bonchev–Trinajstić information content (AvgIpc) is 2.45. The van der Waals surface area contributed by atoms with E-state index < -0.39 is 0 Å². The Kier molecular flexibility index (Phi) is 5.23. The van der Waals surface area contributed by atoms with Crippen molar-refractivity contribution in [2.75, 3.05) is 27.2 Å². The SMILES string of the molecule is CN(C)CCNCc1csc(I)c1. The Bertz CT molecular complexity index is 248. The van der Waals surface area contributed by atoms with Crippen molar-refractivity contribution < 1.29 is 0 Å². The molecule has 0 aliphatic rings. The number of hydrogen-bond acceptors (Lipinski definition) is 3. The Balaban J connectivity index is 2.13. The van der Waals surface area contributed by atoms with Crippen LogP contribution in [0.3, 0.4) is 0 Å². The fourth-order valence-corrected chi connectivity index (χ4v) is 2.39. The number of nitrogens with zero attached hydrogens (tertiary/aromatic N) is 1. The van der Waals surface area contributed by atoms with Gasteiger partial charge in [0.05, 0.1) is 2.88 Å². The molecule has 0 fully saturated rings. The van der Waals surface area contributed by atoms with Gasteiger partial charge in [-0.3, -0.25) is 0 Å². The van der Waals surface area contributed by atoms with Crippen molar-refractivity contribution in [1.29, 1.82) is 0 Å². The third-order valence-corrected chi connectivity index (χ3v) is 3.52. The lowest BCUT2D eigenvalue weighted by Crippen LogP contribution is -2.25. The van der Waals surface area contributed by atoms with Crippen molar-refractivity contribution >= 4 is 33.9 Å². The third kappa shape index (κ3) is 4.95. The van der Waals surface area contributed by atoms with Crippen LogP contribution in [-0.2, 0) is 6.54 Å². The molecule has 0 amide bonds. The normalized spacial score (nSPS) is 11.1. The maximum atomic E-state index is 3.41. The molecule has 0 saturated heterocycles. The third-order valence-electron chi connectivity index (χ3n) is 1.69. The average molecular weight is 310 g/mol. The van der Waals surface area contributed by atoms with Crippen LogP contribution < -0.4 is 5.32 Å². The Morgan fingerprint density at radius 2 is 2.31 bits per heavy atom. The molecule has 0 aliphatic carbocycles. The standard InChI is InChI=1S/C9H15IN2S/c1-12(2)4-3-11-6-8-5-9(10)13-7-8/h5,7,11H,3-4,6H2,1-2H3. The van der Waals surface area contributed by atoms with E-state index in [0.717, 1.165) is 19.6 Å². The predicted molar refractivity (Wildman–Crippen MR) is 67.3 cm³/mol. The fraction of sp³-hybridized carbons (Fsp3) is 0.556. The minimum Gasteiger partial charge on any atom is -0.311 e. The van der Waals surface area contributed by atoms with Gasteiger partial charge in [-0.05, 0) is 53.7 Å². The zero-order chi connectivity index (χ0) is 9.68. The summed E-state index contributed by atoms with van der Waals surface area (Å²) >= 11 is 4.16. The topological polar surface area (TPSA) is 15.3 Å². The highest BCUT2D eigenvalue weighted by atomic mass is 127. The van der Waals surface area contributed by atoms with Gasteiger partial charge in [0.2, 0.25) is 0 Å². The first kappa shape index (κ1) is 11.4. The van der Waals surface area contributed by atoms with E-state index in [-0.39, 0.29) is 0 Å². The second kappa shape index (κ2) is 5.95. The molecule has 0 spiro atoms. The molecule has 1 heterocycles. The molecule has 2 nitrogen and oxygen atoms in total. The number of hydrogen-bond donors (Lipinski definition) is 1. The summed E-state index contributed by atoms with van der Waals surface area (Å²) in [6.07, 6.45) is 0. The number of halogens is 1. The molecule has 0 bridgehead atoms. The van der Waals surface area contributed by atoms with E-state index >= 15 is 0 Å². The van der Waals surface area contributed by atoms with Gasteiger partial charge in [0, 0.05) is 19.6 Å². The van der Waals surface area contributed by atoms with Gasteiger partial charge in [-0.1, -0.05) is 0 Å². The highest BCUT2D eigenvalue weighted by Crippen LogP contribution is 2.15. The van der Waals surface area contributed by atoms with Gasteiger partial charge in [0.25, 0.3) is 0 Å². The Labute approximate surface area is 97.5 Å². The lowest BCUT2D eigenvalue weighted by molar-refractivity contribution is 0.400. The molecule has 0 saturated carbocycles. The maximum absolute atomic E-state index is 3.41. The molecule has 0 unspecified atom stereocenters. The van der Waals surface area contributed by atoms with Crippen molar-refractivity contribution in [2.45, 2.75) is 6.54 Å². The van der Waals surface area contributed by atoms with E-state index in [1.807, 2.05) is 0 Å². The molecule has 1 aromatic rings. The van der Waals surface area contributed by atoms with Crippen molar-refractivity contribution in [1.82, 2.24) is 10.2 Å². The van der Waals surface area contributed by atoms with Gasteiger partial charge < -0.3 is 10.2 Å². The predicted octanol–water partition coefficient (Wildman–Crippen LogP) is 2.00. The molecule has 13 heavy (non-hydrogen) atoms. The molecular formula is C9H15IN2S. The van der Waals surface area contributed by atoms with Gasteiger partial charge >= 0.3 is 0 Å². The Hall–Kier alpha value is 0.350. The van der Waals surface area contributed by atoms with Crippen LogP contribution in [0.1, 0.15) is 5.56 Å². The zero-order valence-corrected chi connectivity index (χ0v) is 11.0. The van der Waals surface area contributed by atoms with E-state index in [2.05, 4.69) is 58.3 Å². The van der Waals surface area contributed by atoms with Crippen LogP contribution >= 0.6 is 33.9 Å². The van der Waals surface area contributed by atoms with Gasteiger partial charge in [-0.15, -0.1) is 11.3 Å². The van der Waals surface area contributed by atoms with E-state index in [1.165, 1.54) is 8.45 Å². The molecule has 74 valence electrons. The summed E-state index contributed by atoms with van der Waals surface area (Å²) in [4.78, 5) is 2.18. The minimum atomic E-state index is 0.993. The minimum absolute atomic E-state index is 0.993. The first-order valence-electron chi connectivity index (χ1n) is 4.27. The van der Waals surface area contributed by atoms with Crippen LogP contribution in [0.25, 0.3) is 0 Å². The van der Waals surface area contributed by atoms with Crippen LogP contribution in [0.2, 0.25) is 0 Å². The van der Waals surface area contributed by atoms with E-state index in [0.29, 0.717) is 0 Å². The first-order chi connectivity index (χ1) is 6.18. The molecule has 1 rings (SSSR count). The van der Waals surface area contributed by atoms with E-state index in [9.17, 15) is 0 Å². The van der Waals surface area contributed by atoms with Crippen LogP contribution in [0.5, 0.6) is 0 Å². The van der Waals surface area contributed by atoms with Gasteiger partial charge in [0.15, 0.2) is 0 Å². The highest BCUT2D eigenvalue weighted by Gasteiger charge is 1.96. The molecule has 1 aromatic heterocycles. The molecule has 4 heteroatoms. The number of rotatable bonds is 5. The van der Waals surface area contributed by atoms with Crippen molar-refractivity contribution in [2.24, 2.45) is 0 Å². The van der Waals surface area contributed by atoms with Crippen LogP contribution in [0.4, 0.5) is 0 Å². The summed E-state index contributed by atoms with van der Waals surface area (Å²) < 4.78 is 1.36. The molecule has 0 radical (unpaired) electrons. The van der Waals surface area contributed by atoms with Crippen molar-refractivity contribution in [3.8, 4) is 0 Å². The quantitative estimate of drug-likeness (QED) is 0.661. The largest absolute Gasteiger partial charge is 0.311 e. The smallest absolute Gasteiger partial charge is 0.0656 e. The van der Waals surface area contributed by atoms with Crippen LogP contribution in [0, 0.1) is 2.88 Å². The van der Waals surface area contributed by atoms with E-state index in [1.54, 1.807) is 11.3 Å². The molecular weight excluding hydrogens is 295 g/mol. The fourth-order valence-electron chi connectivity index (χ4n) is 0.974. The van der Waals surface area contributed by atoms with Gasteiger partial charge in [-0.25, -0.2) is 0 Å². The summed E-state index contributed by atoms with van der Waals surface area (Å²) in [5.74, 6) is 0. The van der Waals surface area contributed by atoms with E-state index in [4.69, 9.17) is 0 Å². The van der Waals surface area contributed by atoms with Crippen molar-refractivity contribution in [3.63, 3.8) is 0 Å². The highest BCUT2D eigenvalue weighted by molar-refractivity contribution is 14.1. The maximum Gasteiger partial charge on any atom is 0.0656 e. The summed E-state index contributed by atoms with van der Waals surface area (Å²) in [5.41, 5.74) is 1.40. The second-order valence-electron chi connectivity index (χ2n) is 3.24. The van der Waals surface area contributed by atoms with Gasteiger partial charge in [0.1, 0.15) is 0 Å². The van der Waals surface area contributed by atoms with Gasteiger partial charge in [-0.2, -0.15) is 0 Å². The lowest BCUT2D eigenvalue weighted by atomic mass is 10.3. The molecule has 0 atom stereocenters. The lowest BCUT2D eigenvalue weighted by Gasteiger charge is -2.09. The van der Waals surface area contributed by atoms with Crippen LogP contribution in [-0.4, -0.2) is 32.1 Å². The number of thiophene rings is 1. The monoisotopic (exact) mass is 310 g/mol. The Morgan fingerprint density at radius 3 is 2.85 bits per heavy atom. The molecule has 0 aromatic carbocycles. The summed E-state index contributed by atoms with van der Waals surface area (Å²) in [7, 11) is 4.18. The second-order valence-corrected chi connectivity index (χ2v) is 6.04. The molecule has 1 N–H and O–H groups in total. The zero-order valence-electron chi connectivity index (χ0n) is 8.01. The first-order valence-corrected chi connectivity index (χ1v) is 6.22. The van der Waals surface area contributed by atoms with Crippen molar-refractivity contribution in [3.05, 3.63) is 19.9 Å². The van der Waals surface area contributed by atoms with Crippen LogP contribution in [0.15, 0.2) is 11.4 Å². The number of likely N-dealkylation sites (N-methyl/N-ethyl adjacent to an activating group) is 1.